The minimum absolute atomic E-state index is 0. The molecular formula is C16H23ClN2O2. The molecule has 1 aromatic carbocycles. The molecule has 2 unspecified atom stereocenters. The van der Waals surface area contributed by atoms with Crippen molar-refractivity contribution in [1.29, 1.82) is 0 Å². The minimum atomic E-state index is -0.0716. The van der Waals surface area contributed by atoms with E-state index in [1.807, 2.05) is 11.0 Å². The first kappa shape index (κ1) is 16.3. The van der Waals surface area contributed by atoms with Crippen LogP contribution in [0.4, 0.5) is 0 Å². The van der Waals surface area contributed by atoms with Crippen LogP contribution in [-0.2, 0) is 16.0 Å². The summed E-state index contributed by atoms with van der Waals surface area (Å²) in [5, 5.41) is 3.36. The van der Waals surface area contributed by atoms with Crippen LogP contribution in [0.1, 0.15) is 30.6 Å². The van der Waals surface area contributed by atoms with Crippen LogP contribution in [0.5, 0.6) is 0 Å². The molecule has 5 heteroatoms. The maximum absolute atomic E-state index is 12.4. The molecule has 21 heavy (non-hydrogen) atoms. The lowest BCUT2D eigenvalue weighted by Gasteiger charge is -2.34. The molecule has 2 heterocycles. The lowest BCUT2D eigenvalue weighted by atomic mass is 9.95. The fraction of sp³-hybridized carbons (Fsp3) is 0.562. The second kappa shape index (κ2) is 7.25. The highest BCUT2D eigenvalue weighted by atomic mass is 35.5. The molecule has 1 amide bonds. The van der Waals surface area contributed by atoms with Gasteiger partial charge in [-0.1, -0.05) is 24.3 Å². The third-order valence-electron chi connectivity index (χ3n) is 4.17. The van der Waals surface area contributed by atoms with Crippen LogP contribution < -0.4 is 5.32 Å². The van der Waals surface area contributed by atoms with Gasteiger partial charge in [0.1, 0.15) is 0 Å². The van der Waals surface area contributed by atoms with Crippen molar-refractivity contribution in [2.75, 3.05) is 26.2 Å². The minimum Gasteiger partial charge on any atom is -0.373 e. The molecule has 1 saturated heterocycles. The summed E-state index contributed by atoms with van der Waals surface area (Å²) in [5.41, 5.74) is 2.51. The van der Waals surface area contributed by atoms with E-state index in [0.29, 0.717) is 19.1 Å². The predicted molar refractivity (Wildman–Crippen MR) is 84.7 cm³/mol. The largest absolute Gasteiger partial charge is 0.373 e. The Balaban J connectivity index is 0.00000161. The summed E-state index contributed by atoms with van der Waals surface area (Å²) in [6.45, 7) is 5.32. The molecule has 2 aliphatic heterocycles. The Bertz CT molecular complexity index is 495. The van der Waals surface area contributed by atoms with Gasteiger partial charge in [0.15, 0.2) is 0 Å². The molecule has 1 N–H and O–H groups in total. The van der Waals surface area contributed by atoms with Gasteiger partial charge in [0.2, 0.25) is 5.91 Å². The van der Waals surface area contributed by atoms with E-state index in [4.69, 9.17) is 4.74 Å². The summed E-state index contributed by atoms with van der Waals surface area (Å²) in [6.07, 6.45) is 1.34. The molecule has 0 aliphatic carbocycles. The number of hydrogen-bond donors (Lipinski definition) is 1. The number of carbonyl (C=O) groups is 1. The summed E-state index contributed by atoms with van der Waals surface area (Å²) in [4.78, 5) is 14.4. The maximum atomic E-state index is 12.4. The summed E-state index contributed by atoms with van der Waals surface area (Å²) >= 11 is 0. The van der Waals surface area contributed by atoms with Crippen LogP contribution in [0.25, 0.3) is 0 Å². The van der Waals surface area contributed by atoms with Crippen LogP contribution in [-0.4, -0.2) is 43.1 Å². The lowest BCUT2D eigenvalue weighted by Crippen LogP contribution is -2.51. The van der Waals surface area contributed by atoms with Crippen LogP contribution >= 0.6 is 12.4 Å². The van der Waals surface area contributed by atoms with Gasteiger partial charge in [-0.3, -0.25) is 4.79 Å². The first-order chi connectivity index (χ1) is 9.74. The van der Waals surface area contributed by atoms with Gasteiger partial charge in [-0.05, 0) is 24.5 Å². The van der Waals surface area contributed by atoms with E-state index in [9.17, 15) is 4.79 Å². The summed E-state index contributed by atoms with van der Waals surface area (Å²) < 4.78 is 5.83. The van der Waals surface area contributed by atoms with Gasteiger partial charge in [0.05, 0.1) is 19.1 Å². The number of nitrogens with zero attached hydrogens (tertiary/aromatic N) is 1. The van der Waals surface area contributed by atoms with E-state index in [1.54, 1.807) is 0 Å². The lowest BCUT2D eigenvalue weighted by molar-refractivity contribution is -0.135. The molecule has 0 saturated carbocycles. The second-order valence-corrected chi connectivity index (χ2v) is 5.71. The Morgan fingerprint density at radius 2 is 2.24 bits per heavy atom. The number of halogens is 1. The van der Waals surface area contributed by atoms with E-state index < -0.39 is 0 Å². The number of nitrogens with one attached hydrogen (secondary N) is 1. The van der Waals surface area contributed by atoms with Crippen LogP contribution in [0, 0.1) is 0 Å². The fourth-order valence-electron chi connectivity index (χ4n) is 3.09. The zero-order valence-electron chi connectivity index (χ0n) is 12.4. The van der Waals surface area contributed by atoms with Crippen molar-refractivity contribution < 1.29 is 9.53 Å². The van der Waals surface area contributed by atoms with Gasteiger partial charge in [-0.25, -0.2) is 0 Å². The first-order valence-corrected chi connectivity index (χ1v) is 7.44. The van der Waals surface area contributed by atoms with Gasteiger partial charge < -0.3 is 15.0 Å². The van der Waals surface area contributed by atoms with Crippen molar-refractivity contribution in [2.45, 2.75) is 31.9 Å². The van der Waals surface area contributed by atoms with E-state index in [2.05, 4.69) is 30.4 Å². The van der Waals surface area contributed by atoms with Crippen LogP contribution in [0.3, 0.4) is 0 Å². The highest BCUT2D eigenvalue weighted by Crippen LogP contribution is 2.30. The quantitative estimate of drug-likeness (QED) is 0.907. The average Bonchev–Trinajstić information content (AvgIpc) is 2.47. The zero-order valence-corrected chi connectivity index (χ0v) is 13.2. The number of rotatable bonds is 2. The summed E-state index contributed by atoms with van der Waals surface area (Å²) in [7, 11) is 0. The Morgan fingerprint density at radius 3 is 3.05 bits per heavy atom. The molecule has 3 rings (SSSR count). The van der Waals surface area contributed by atoms with Gasteiger partial charge in [0, 0.05) is 25.7 Å². The Kier molecular flexibility index (Phi) is 5.62. The molecule has 0 bridgehead atoms. The van der Waals surface area contributed by atoms with Crippen molar-refractivity contribution >= 4 is 18.3 Å². The fourth-order valence-corrected chi connectivity index (χ4v) is 3.09. The van der Waals surface area contributed by atoms with Crippen LogP contribution in [0.15, 0.2) is 24.3 Å². The third-order valence-corrected chi connectivity index (χ3v) is 4.17. The number of amides is 1. The third kappa shape index (κ3) is 3.76. The number of hydrogen-bond acceptors (Lipinski definition) is 3. The van der Waals surface area contributed by atoms with Crippen molar-refractivity contribution in [3.8, 4) is 0 Å². The van der Waals surface area contributed by atoms with E-state index in [1.165, 1.54) is 11.1 Å². The standard InChI is InChI=1S/C16H22N2O2.ClH/c1-12-11-18(8-7-17-12)16(19)10-15-14-5-3-2-4-13(14)6-9-20-15;/h2-5,12,15,17H,6-11H2,1H3;1H. The molecule has 1 aromatic rings. The topological polar surface area (TPSA) is 41.6 Å². The SMILES string of the molecule is CC1CN(C(=O)CC2OCCc3ccccc32)CCN1.Cl. The molecule has 1 fully saturated rings. The summed E-state index contributed by atoms with van der Waals surface area (Å²) in [5.74, 6) is 0.208. The van der Waals surface area contributed by atoms with Gasteiger partial charge in [-0.2, -0.15) is 0 Å². The maximum Gasteiger partial charge on any atom is 0.225 e. The average molecular weight is 311 g/mol. The normalized spacial score (nSPS) is 24.9. The smallest absolute Gasteiger partial charge is 0.225 e. The second-order valence-electron chi connectivity index (χ2n) is 5.71. The van der Waals surface area contributed by atoms with Crippen molar-refractivity contribution in [3.63, 3.8) is 0 Å². The molecule has 0 radical (unpaired) electrons. The van der Waals surface area contributed by atoms with E-state index in [0.717, 1.165) is 26.1 Å². The Morgan fingerprint density at radius 1 is 1.43 bits per heavy atom. The highest BCUT2D eigenvalue weighted by molar-refractivity contribution is 5.85. The monoisotopic (exact) mass is 310 g/mol. The van der Waals surface area contributed by atoms with Gasteiger partial charge in [-0.15, -0.1) is 12.4 Å². The Labute approximate surface area is 132 Å². The zero-order chi connectivity index (χ0) is 13.9. The number of benzene rings is 1. The highest BCUT2D eigenvalue weighted by Gasteiger charge is 2.27. The van der Waals surface area contributed by atoms with Gasteiger partial charge >= 0.3 is 0 Å². The molecule has 2 aliphatic rings. The van der Waals surface area contributed by atoms with Gasteiger partial charge in [0.25, 0.3) is 0 Å². The number of fused-ring (bicyclic) bond motifs is 1. The van der Waals surface area contributed by atoms with Crippen LogP contribution in [0.2, 0.25) is 0 Å². The molecule has 4 nitrogen and oxygen atoms in total. The van der Waals surface area contributed by atoms with Crippen molar-refractivity contribution in [3.05, 3.63) is 35.4 Å². The van der Waals surface area contributed by atoms with E-state index >= 15 is 0 Å². The van der Waals surface area contributed by atoms with Crippen molar-refractivity contribution in [1.82, 2.24) is 10.2 Å². The summed E-state index contributed by atoms with van der Waals surface area (Å²) in [6, 6.07) is 8.70. The number of ether oxygens (including phenoxy) is 1. The number of carbonyl (C=O) groups excluding carboxylic acids is 1. The first-order valence-electron chi connectivity index (χ1n) is 7.44. The molecule has 0 spiro atoms. The Hall–Kier alpha value is -1.10. The van der Waals surface area contributed by atoms with E-state index in [-0.39, 0.29) is 24.4 Å². The molecule has 116 valence electrons. The molecule has 2 atom stereocenters. The number of piperazine rings is 1. The molecule has 0 aromatic heterocycles. The predicted octanol–water partition coefficient (Wildman–Crippen LogP) is 1.93. The molecular weight excluding hydrogens is 288 g/mol. The van der Waals surface area contributed by atoms with Crippen molar-refractivity contribution in [2.24, 2.45) is 0 Å².